The van der Waals surface area contributed by atoms with E-state index in [0.29, 0.717) is 18.4 Å². The molecule has 28 heavy (non-hydrogen) atoms. The van der Waals surface area contributed by atoms with Gasteiger partial charge < -0.3 is 15.8 Å². The Hall–Kier alpha value is -2.32. The van der Waals surface area contributed by atoms with Crippen molar-refractivity contribution in [3.8, 4) is 0 Å². The molecular weight excluding hydrogens is 377 g/mol. The van der Waals surface area contributed by atoms with E-state index in [0.717, 1.165) is 25.8 Å². The van der Waals surface area contributed by atoms with Gasteiger partial charge >= 0.3 is 12.1 Å². The van der Waals surface area contributed by atoms with E-state index < -0.39 is 53.5 Å². The third-order valence-electron chi connectivity index (χ3n) is 5.53. The minimum Gasteiger partial charge on any atom is -0.444 e. The van der Waals surface area contributed by atoms with E-state index in [-0.39, 0.29) is 5.57 Å². The Kier molecular flexibility index (Phi) is 6.25. The fourth-order valence-corrected chi connectivity index (χ4v) is 3.60. The molecule has 2 amide bonds. The Bertz CT molecular complexity index is 738. The zero-order valence-electron chi connectivity index (χ0n) is 16.1. The van der Waals surface area contributed by atoms with Crippen LogP contribution in [-0.4, -0.2) is 30.7 Å². The Labute approximate surface area is 161 Å². The zero-order chi connectivity index (χ0) is 21.3. The lowest BCUT2D eigenvalue weighted by Gasteiger charge is -2.17. The molecule has 1 fully saturated rings. The lowest BCUT2D eigenvalue weighted by atomic mass is 9.91. The van der Waals surface area contributed by atoms with Crippen LogP contribution in [0.25, 0.3) is 0 Å². The molecule has 0 radical (unpaired) electrons. The molecule has 0 aromatic carbocycles. The van der Waals surface area contributed by atoms with Crippen LogP contribution in [0.4, 0.5) is 13.2 Å². The van der Waals surface area contributed by atoms with E-state index >= 15 is 0 Å². The van der Waals surface area contributed by atoms with Crippen molar-refractivity contribution in [1.29, 1.82) is 0 Å². The van der Waals surface area contributed by atoms with Gasteiger partial charge in [0, 0.05) is 16.7 Å². The maximum absolute atomic E-state index is 12.7. The predicted molar refractivity (Wildman–Crippen MR) is 94.4 cm³/mol. The number of hydrogen-bond donors (Lipinski definition) is 2. The van der Waals surface area contributed by atoms with Crippen LogP contribution in [0.5, 0.6) is 0 Å². The summed E-state index contributed by atoms with van der Waals surface area (Å²) in [6.07, 6.45) is -1.02. The number of ether oxygens (including phenoxy) is 1. The van der Waals surface area contributed by atoms with Crippen molar-refractivity contribution in [1.82, 2.24) is 5.32 Å². The number of primary amides is 1. The Morgan fingerprint density at radius 2 is 1.79 bits per heavy atom. The predicted octanol–water partition coefficient (Wildman–Crippen LogP) is 2.74. The van der Waals surface area contributed by atoms with Gasteiger partial charge in [0.2, 0.25) is 11.8 Å². The number of alkyl halides is 3. The SMILES string of the molecule is C/C(=C\C1C(C(=O)OCNC(=O)C2=C(C(N)=O)CCCC2)C1(C)C)C(F)(F)F. The number of carbonyl (C=O) groups is 3. The second-order valence-electron chi connectivity index (χ2n) is 7.81. The van der Waals surface area contributed by atoms with Gasteiger partial charge in [0.05, 0.1) is 5.92 Å². The molecule has 2 rings (SSSR count). The average molecular weight is 402 g/mol. The number of hydrogen-bond acceptors (Lipinski definition) is 4. The van der Waals surface area contributed by atoms with E-state index in [4.69, 9.17) is 10.5 Å². The highest BCUT2D eigenvalue weighted by atomic mass is 19.4. The number of esters is 1. The fraction of sp³-hybridized carbons (Fsp3) is 0.632. The van der Waals surface area contributed by atoms with E-state index in [1.165, 1.54) is 0 Å². The second-order valence-corrected chi connectivity index (χ2v) is 7.81. The summed E-state index contributed by atoms with van der Waals surface area (Å²) in [4.78, 5) is 35.9. The van der Waals surface area contributed by atoms with Crippen LogP contribution in [0.15, 0.2) is 22.8 Å². The van der Waals surface area contributed by atoms with E-state index in [1.54, 1.807) is 13.8 Å². The standard InChI is InChI=1S/C19H25F3N2O4/c1-10(19(20,21)22)8-13-14(18(13,2)3)17(27)28-9-24-16(26)12-7-5-4-6-11(12)15(23)25/h8,13-14H,4-7,9H2,1-3H3,(H2,23,25)(H,24,26)/b10-8+. The van der Waals surface area contributed by atoms with Crippen LogP contribution < -0.4 is 11.1 Å². The number of halogens is 3. The summed E-state index contributed by atoms with van der Waals surface area (Å²) in [5, 5.41) is 2.41. The van der Waals surface area contributed by atoms with Crippen LogP contribution in [0.1, 0.15) is 46.5 Å². The molecule has 156 valence electrons. The molecule has 0 aromatic heterocycles. The number of nitrogens with one attached hydrogen (secondary N) is 1. The topological polar surface area (TPSA) is 98.5 Å². The Balaban J connectivity index is 1.92. The van der Waals surface area contributed by atoms with Crippen molar-refractivity contribution >= 4 is 17.8 Å². The summed E-state index contributed by atoms with van der Waals surface area (Å²) in [5.74, 6) is -3.14. The highest BCUT2D eigenvalue weighted by Crippen LogP contribution is 2.60. The van der Waals surface area contributed by atoms with Crippen LogP contribution >= 0.6 is 0 Å². The fourth-order valence-electron chi connectivity index (χ4n) is 3.60. The third kappa shape index (κ3) is 4.74. The van der Waals surface area contributed by atoms with Gasteiger partial charge in [-0.2, -0.15) is 13.2 Å². The van der Waals surface area contributed by atoms with Crippen molar-refractivity contribution in [2.75, 3.05) is 6.73 Å². The average Bonchev–Trinajstić information content (AvgIpc) is 3.14. The Morgan fingerprint density at radius 3 is 2.32 bits per heavy atom. The summed E-state index contributed by atoms with van der Waals surface area (Å²) in [7, 11) is 0. The molecule has 0 heterocycles. The van der Waals surface area contributed by atoms with Crippen molar-refractivity contribution in [2.24, 2.45) is 23.0 Å². The first kappa shape index (κ1) is 22.0. The zero-order valence-corrected chi connectivity index (χ0v) is 16.1. The summed E-state index contributed by atoms with van der Waals surface area (Å²) in [6.45, 7) is 3.92. The first-order valence-electron chi connectivity index (χ1n) is 9.09. The summed E-state index contributed by atoms with van der Waals surface area (Å²) in [5.41, 5.74) is 4.46. The molecule has 3 N–H and O–H groups in total. The van der Waals surface area contributed by atoms with Gasteiger partial charge in [-0.05, 0) is 43.9 Å². The monoisotopic (exact) mass is 402 g/mol. The highest BCUT2D eigenvalue weighted by molar-refractivity contribution is 6.04. The molecule has 9 heteroatoms. The van der Waals surface area contributed by atoms with Gasteiger partial charge in [0.25, 0.3) is 0 Å². The maximum atomic E-state index is 12.7. The Morgan fingerprint density at radius 1 is 1.21 bits per heavy atom. The molecule has 2 aliphatic carbocycles. The molecular formula is C19H25F3N2O4. The number of amides is 2. The van der Waals surface area contributed by atoms with Crippen molar-refractivity contribution in [3.63, 3.8) is 0 Å². The van der Waals surface area contributed by atoms with Crippen LogP contribution in [0.2, 0.25) is 0 Å². The number of carbonyl (C=O) groups excluding carboxylic acids is 3. The summed E-state index contributed by atoms with van der Waals surface area (Å²) in [6, 6.07) is 0. The lowest BCUT2D eigenvalue weighted by Crippen LogP contribution is -2.32. The van der Waals surface area contributed by atoms with Gasteiger partial charge in [-0.3, -0.25) is 14.4 Å². The smallest absolute Gasteiger partial charge is 0.412 e. The first-order valence-corrected chi connectivity index (χ1v) is 9.09. The maximum Gasteiger partial charge on any atom is 0.412 e. The molecule has 0 spiro atoms. The molecule has 6 nitrogen and oxygen atoms in total. The van der Waals surface area contributed by atoms with Crippen molar-refractivity contribution in [3.05, 3.63) is 22.8 Å². The molecule has 0 aliphatic heterocycles. The van der Waals surface area contributed by atoms with Crippen LogP contribution in [0.3, 0.4) is 0 Å². The minimum absolute atomic E-state index is 0.284. The lowest BCUT2D eigenvalue weighted by molar-refractivity contribution is -0.147. The third-order valence-corrected chi connectivity index (χ3v) is 5.53. The van der Waals surface area contributed by atoms with Crippen molar-refractivity contribution in [2.45, 2.75) is 52.6 Å². The molecule has 2 aliphatic rings. The van der Waals surface area contributed by atoms with E-state index in [9.17, 15) is 27.6 Å². The van der Waals surface area contributed by atoms with Crippen molar-refractivity contribution < 1.29 is 32.3 Å². The molecule has 2 unspecified atom stereocenters. The molecule has 0 aromatic rings. The molecule has 2 atom stereocenters. The number of allylic oxidation sites excluding steroid dienone is 2. The highest BCUT2D eigenvalue weighted by Gasteiger charge is 2.62. The van der Waals surface area contributed by atoms with E-state index in [2.05, 4.69) is 5.32 Å². The normalized spacial score (nSPS) is 24.6. The number of nitrogens with two attached hydrogens (primary N) is 1. The van der Waals surface area contributed by atoms with Crippen LogP contribution in [-0.2, 0) is 19.1 Å². The summed E-state index contributed by atoms with van der Waals surface area (Å²) >= 11 is 0. The number of rotatable bonds is 6. The molecule has 1 saturated carbocycles. The van der Waals surface area contributed by atoms with Gasteiger partial charge in [-0.15, -0.1) is 0 Å². The first-order chi connectivity index (χ1) is 12.9. The molecule has 0 saturated heterocycles. The minimum atomic E-state index is -4.44. The van der Waals surface area contributed by atoms with Gasteiger partial charge in [0.15, 0.2) is 6.73 Å². The van der Waals surface area contributed by atoms with E-state index in [1.807, 2.05) is 0 Å². The van der Waals surface area contributed by atoms with Crippen LogP contribution in [0, 0.1) is 17.3 Å². The quantitative estimate of drug-likeness (QED) is 0.405. The molecule has 0 bridgehead atoms. The van der Waals surface area contributed by atoms with Gasteiger partial charge in [0.1, 0.15) is 0 Å². The summed E-state index contributed by atoms with van der Waals surface area (Å²) < 4.78 is 43.2. The van der Waals surface area contributed by atoms with Gasteiger partial charge in [-0.1, -0.05) is 19.9 Å². The van der Waals surface area contributed by atoms with Gasteiger partial charge in [-0.25, -0.2) is 0 Å². The second kappa shape index (κ2) is 7.97. The largest absolute Gasteiger partial charge is 0.444 e.